The second-order valence-electron chi connectivity index (χ2n) is 7.66. The van der Waals surface area contributed by atoms with Crippen LogP contribution in [-0.2, 0) is 16.0 Å². The number of piperidine rings is 1. The summed E-state index contributed by atoms with van der Waals surface area (Å²) in [6, 6.07) is 15.6. The zero-order valence-electron chi connectivity index (χ0n) is 17.7. The van der Waals surface area contributed by atoms with Gasteiger partial charge in [0.1, 0.15) is 17.3 Å². The van der Waals surface area contributed by atoms with Crippen molar-refractivity contribution in [3.8, 4) is 11.5 Å². The molecule has 0 spiro atoms. The van der Waals surface area contributed by atoms with Gasteiger partial charge in [-0.1, -0.05) is 24.3 Å². The first-order valence-corrected chi connectivity index (χ1v) is 10.4. The largest absolute Gasteiger partial charge is 0.495 e. The second kappa shape index (κ2) is 10.7. The molecule has 1 saturated heterocycles. The number of carbonyl (C=O) groups excluding carboxylic acids is 2. The van der Waals surface area contributed by atoms with Gasteiger partial charge in [-0.05, 0) is 56.0 Å². The minimum absolute atomic E-state index is 0.0159. The zero-order chi connectivity index (χ0) is 21.3. The molecular weight excluding hydrogens is 380 g/mol. The number of rotatable bonds is 9. The van der Waals surface area contributed by atoms with Crippen LogP contribution in [0, 0.1) is 0 Å². The van der Waals surface area contributed by atoms with Gasteiger partial charge in [-0.15, -0.1) is 0 Å². The molecule has 0 aromatic heterocycles. The Bertz CT molecular complexity index is 851. The standard InChI is InChI=1S/C24H30N2O4/c1-18(27)9-10-19-11-13-21(14-12-19)30-17-24(28)25-20-6-5-15-26(16-20)22-7-3-4-8-23(22)29-2/h3-4,7-8,11-14,20H,5-6,9-10,15-17H2,1-2H3,(H,25,28). The van der Waals surface area contributed by atoms with Crippen molar-refractivity contribution in [1.82, 2.24) is 5.32 Å². The van der Waals surface area contributed by atoms with E-state index in [0.717, 1.165) is 49.4 Å². The van der Waals surface area contributed by atoms with Crippen molar-refractivity contribution in [2.45, 2.75) is 38.6 Å². The zero-order valence-corrected chi connectivity index (χ0v) is 17.7. The van der Waals surface area contributed by atoms with Crippen LogP contribution in [0.1, 0.15) is 31.7 Å². The number of anilines is 1. The predicted molar refractivity (Wildman–Crippen MR) is 117 cm³/mol. The fourth-order valence-corrected chi connectivity index (χ4v) is 3.70. The maximum Gasteiger partial charge on any atom is 0.258 e. The highest BCUT2D eigenvalue weighted by Crippen LogP contribution is 2.29. The van der Waals surface area contributed by atoms with Crippen LogP contribution in [-0.4, -0.2) is 44.5 Å². The smallest absolute Gasteiger partial charge is 0.258 e. The summed E-state index contributed by atoms with van der Waals surface area (Å²) in [4.78, 5) is 25.7. The number of methoxy groups -OCH3 is 1. The molecule has 2 aromatic carbocycles. The van der Waals surface area contributed by atoms with E-state index in [1.807, 2.05) is 48.5 Å². The lowest BCUT2D eigenvalue weighted by Gasteiger charge is -2.35. The summed E-state index contributed by atoms with van der Waals surface area (Å²) in [5, 5.41) is 3.09. The Morgan fingerprint density at radius 3 is 2.63 bits per heavy atom. The van der Waals surface area contributed by atoms with Crippen LogP contribution in [0.5, 0.6) is 11.5 Å². The van der Waals surface area contributed by atoms with Crippen molar-refractivity contribution in [2.75, 3.05) is 31.7 Å². The summed E-state index contributed by atoms with van der Waals surface area (Å²) in [7, 11) is 1.68. The molecule has 0 saturated carbocycles. The van der Waals surface area contributed by atoms with E-state index in [-0.39, 0.29) is 24.3 Å². The van der Waals surface area contributed by atoms with Gasteiger partial charge in [0.05, 0.1) is 12.8 Å². The Hall–Kier alpha value is -3.02. The van der Waals surface area contributed by atoms with E-state index in [1.165, 1.54) is 0 Å². The first-order valence-electron chi connectivity index (χ1n) is 10.4. The van der Waals surface area contributed by atoms with Crippen LogP contribution in [0.25, 0.3) is 0 Å². The summed E-state index contributed by atoms with van der Waals surface area (Å²) in [5.74, 6) is 1.55. The minimum atomic E-state index is -0.123. The van der Waals surface area contributed by atoms with Crippen molar-refractivity contribution in [2.24, 2.45) is 0 Å². The SMILES string of the molecule is COc1ccccc1N1CCCC(NC(=O)COc2ccc(CCC(C)=O)cc2)C1. The van der Waals surface area contributed by atoms with Crippen molar-refractivity contribution in [1.29, 1.82) is 0 Å². The molecule has 0 aliphatic carbocycles. The number of Topliss-reactive ketones (excluding diaryl/α,β-unsaturated/α-hetero) is 1. The van der Waals surface area contributed by atoms with Gasteiger partial charge >= 0.3 is 0 Å². The third-order valence-electron chi connectivity index (χ3n) is 5.27. The Kier molecular flexibility index (Phi) is 7.71. The summed E-state index contributed by atoms with van der Waals surface area (Å²) in [5.41, 5.74) is 2.14. The molecule has 160 valence electrons. The molecule has 1 unspecified atom stereocenters. The highest BCUT2D eigenvalue weighted by Gasteiger charge is 2.23. The first kappa shape index (κ1) is 21.7. The normalized spacial score (nSPS) is 16.1. The van der Waals surface area contributed by atoms with Crippen LogP contribution in [0.2, 0.25) is 0 Å². The van der Waals surface area contributed by atoms with E-state index in [9.17, 15) is 9.59 Å². The van der Waals surface area contributed by atoms with Crippen LogP contribution in [0.15, 0.2) is 48.5 Å². The number of amides is 1. The van der Waals surface area contributed by atoms with Crippen molar-refractivity contribution in [3.63, 3.8) is 0 Å². The summed E-state index contributed by atoms with van der Waals surface area (Å²) < 4.78 is 11.1. The molecule has 1 heterocycles. The molecule has 6 heteroatoms. The van der Waals surface area contributed by atoms with Crippen LogP contribution in [0.3, 0.4) is 0 Å². The summed E-state index contributed by atoms with van der Waals surface area (Å²) >= 11 is 0. The number of benzene rings is 2. The van der Waals surface area contributed by atoms with E-state index in [2.05, 4.69) is 10.2 Å². The summed E-state index contributed by atoms with van der Waals surface area (Å²) in [6.07, 6.45) is 3.21. The van der Waals surface area contributed by atoms with Gasteiger partial charge in [0.25, 0.3) is 5.91 Å². The minimum Gasteiger partial charge on any atom is -0.495 e. The number of hydrogen-bond acceptors (Lipinski definition) is 5. The number of ether oxygens (including phenoxy) is 2. The average Bonchev–Trinajstić information content (AvgIpc) is 2.77. The quantitative estimate of drug-likeness (QED) is 0.686. The topological polar surface area (TPSA) is 67.9 Å². The second-order valence-corrected chi connectivity index (χ2v) is 7.66. The summed E-state index contributed by atoms with van der Waals surface area (Å²) in [6.45, 7) is 3.27. The van der Waals surface area contributed by atoms with E-state index < -0.39 is 0 Å². The van der Waals surface area contributed by atoms with E-state index in [4.69, 9.17) is 9.47 Å². The number of aryl methyl sites for hydroxylation is 1. The van der Waals surface area contributed by atoms with Crippen LogP contribution >= 0.6 is 0 Å². The lowest BCUT2D eigenvalue weighted by molar-refractivity contribution is -0.123. The Morgan fingerprint density at radius 2 is 1.90 bits per heavy atom. The maximum absolute atomic E-state index is 12.4. The van der Waals surface area contributed by atoms with Gasteiger partial charge < -0.3 is 24.5 Å². The van der Waals surface area contributed by atoms with E-state index >= 15 is 0 Å². The number of carbonyl (C=O) groups is 2. The number of hydrogen-bond donors (Lipinski definition) is 1. The van der Waals surface area contributed by atoms with Gasteiger partial charge in [-0.25, -0.2) is 0 Å². The van der Waals surface area contributed by atoms with E-state index in [0.29, 0.717) is 12.2 Å². The third-order valence-corrected chi connectivity index (χ3v) is 5.27. The van der Waals surface area contributed by atoms with E-state index in [1.54, 1.807) is 14.0 Å². The van der Waals surface area contributed by atoms with Crippen molar-refractivity contribution < 1.29 is 19.1 Å². The van der Waals surface area contributed by atoms with Gasteiger partial charge in [-0.2, -0.15) is 0 Å². The molecule has 6 nitrogen and oxygen atoms in total. The molecule has 2 aromatic rings. The number of para-hydroxylation sites is 2. The molecule has 1 aliphatic heterocycles. The molecular formula is C24H30N2O4. The van der Waals surface area contributed by atoms with Gasteiger partial charge in [0.2, 0.25) is 0 Å². The molecule has 1 aliphatic rings. The van der Waals surface area contributed by atoms with Crippen molar-refractivity contribution >= 4 is 17.4 Å². The lowest BCUT2D eigenvalue weighted by Crippen LogP contribution is -2.49. The average molecular weight is 411 g/mol. The maximum atomic E-state index is 12.4. The van der Waals surface area contributed by atoms with Gasteiger partial charge in [0.15, 0.2) is 6.61 Å². The molecule has 1 fully saturated rings. The van der Waals surface area contributed by atoms with Gasteiger partial charge in [-0.3, -0.25) is 4.79 Å². The predicted octanol–water partition coefficient (Wildman–Crippen LogP) is 3.38. The van der Waals surface area contributed by atoms with Gasteiger partial charge in [0, 0.05) is 25.6 Å². The molecule has 3 rings (SSSR count). The third kappa shape index (κ3) is 6.24. The van der Waals surface area contributed by atoms with Crippen LogP contribution in [0.4, 0.5) is 5.69 Å². The molecule has 0 bridgehead atoms. The number of nitrogens with one attached hydrogen (secondary N) is 1. The Balaban J connectivity index is 1.47. The molecule has 1 amide bonds. The molecule has 0 radical (unpaired) electrons. The van der Waals surface area contributed by atoms with Crippen molar-refractivity contribution in [3.05, 3.63) is 54.1 Å². The Morgan fingerprint density at radius 1 is 1.13 bits per heavy atom. The lowest BCUT2D eigenvalue weighted by atomic mass is 10.0. The number of ketones is 1. The fourth-order valence-electron chi connectivity index (χ4n) is 3.70. The molecule has 1 atom stereocenters. The molecule has 1 N–H and O–H groups in total. The molecule has 30 heavy (non-hydrogen) atoms. The first-order chi connectivity index (χ1) is 14.5. The highest BCUT2D eigenvalue weighted by molar-refractivity contribution is 5.78. The number of nitrogens with zero attached hydrogens (tertiary/aromatic N) is 1. The monoisotopic (exact) mass is 410 g/mol. The van der Waals surface area contributed by atoms with Crippen LogP contribution < -0.4 is 19.7 Å². The fraction of sp³-hybridized carbons (Fsp3) is 0.417. The Labute approximate surface area is 178 Å². The highest BCUT2D eigenvalue weighted by atomic mass is 16.5.